The van der Waals surface area contributed by atoms with Crippen LogP contribution >= 0.6 is 27.5 Å². The molecule has 3 aromatic carbocycles. The second kappa shape index (κ2) is 8.98. The summed E-state index contributed by atoms with van der Waals surface area (Å²) in [6.07, 6.45) is 2.02. The first-order chi connectivity index (χ1) is 13.0. The van der Waals surface area contributed by atoms with Crippen LogP contribution in [-0.2, 0) is 0 Å². The molecule has 0 N–H and O–H groups in total. The van der Waals surface area contributed by atoms with Crippen molar-refractivity contribution in [2.24, 2.45) is 4.99 Å². The van der Waals surface area contributed by atoms with Gasteiger partial charge in [0.1, 0.15) is 0 Å². The fourth-order valence-electron chi connectivity index (χ4n) is 2.70. The summed E-state index contributed by atoms with van der Waals surface area (Å²) in [5, 5.41) is 0.674. The van der Waals surface area contributed by atoms with Crippen LogP contribution in [0.3, 0.4) is 0 Å². The Morgan fingerprint density at radius 1 is 0.889 bits per heavy atom. The highest BCUT2D eigenvalue weighted by Gasteiger charge is 2.06. The van der Waals surface area contributed by atoms with Crippen molar-refractivity contribution in [3.05, 3.63) is 118 Å². The lowest BCUT2D eigenvalue weighted by molar-refractivity contribution is 1.46. The van der Waals surface area contributed by atoms with Crippen molar-refractivity contribution in [2.45, 2.75) is 6.92 Å². The quantitative estimate of drug-likeness (QED) is 0.287. The number of allylic oxidation sites excluding steroid dienone is 2. The molecule has 0 bridgehead atoms. The van der Waals surface area contributed by atoms with Gasteiger partial charge in [-0.2, -0.15) is 0 Å². The predicted octanol–water partition coefficient (Wildman–Crippen LogP) is 7.67. The maximum Gasteiger partial charge on any atom is 0.0711 e. The van der Waals surface area contributed by atoms with Crippen LogP contribution in [0.15, 0.2) is 101 Å². The Morgan fingerprint density at radius 2 is 1.48 bits per heavy atom. The fraction of sp³-hybridized carbons (Fsp3) is 0.0417. The molecule has 0 spiro atoms. The molecule has 134 valence electrons. The molecule has 0 aliphatic heterocycles. The van der Waals surface area contributed by atoms with Gasteiger partial charge in [-0.05, 0) is 47.9 Å². The van der Waals surface area contributed by atoms with Crippen molar-refractivity contribution in [1.29, 1.82) is 0 Å². The lowest BCUT2D eigenvalue weighted by atomic mass is 10.0. The Hall–Kier alpha value is -2.42. The standard InChI is InChI=1S/C24H19BrClN/c1-17(19-9-5-3-6-10-19)13-24(20-11-7-4-8-12-20)27-18(2)21-14-22(25)16-23(26)15-21/h3-16H,1H2,2H3/b24-13-,27-18+. The summed E-state index contributed by atoms with van der Waals surface area (Å²) < 4.78 is 0.929. The van der Waals surface area contributed by atoms with Crippen LogP contribution in [0.25, 0.3) is 11.3 Å². The zero-order valence-electron chi connectivity index (χ0n) is 15.0. The molecule has 0 amide bonds. The first-order valence-corrected chi connectivity index (χ1v) is 9.73. The van der Waals surface area contributed by atoms with E-state index in [1.807, 2.05) is 79.7 Å². The molecule has 0 unspecified atom stereocenters. The molecule has 0 saturated carbocycles. The van der Waals surface area contributed by atoms with Crippen LogP contribution in [0, 0.1) is 0 Å². The third kappa shape index (κ3) is 5.29. The van der Waals surface area contributed by atoms with Crippen molar-refractivity contribution in [3.8, 4) is 0 Å². The monoisotopic (exact) mass is 435 g/mol. The number of halogens is 2. The second-order valence-electron chi connectivity index (χ2n) is 6.14. The van der Waals surface area contributed by atoms with E-state index in [2.05, 4.69) is 34.6 Å². The molecule has 3 rings (SSSR count). The van der Waals surface area contributed by atoms with E-state index in [1.54, 1.807) is 0 Å². The third-order valence-corrected chi connectivity index (χ3v) is 4.77. The number of nitrogens with zero attached hydrogens (tertiary/aromatic N) is 1. The van der Waals surface area contributed by atoms with E-state index in [9.17, 15) is 0 Å². The van der Waals surface area contributed by atoms with E-state index in [4.69, 9.17) is 16.6 Å². The average molecular weight is 437 g/mol. The Bertz CT molecular complexity index is 985. The largest absolute Gasteiger partial charge is 0.252 e. The van der Waals surface area contributed by atoms with E-state index < -0.39 is 0 Å². The molecule has 3 aromatic rings. The topological polar surface area (TPSA) is 12.4 Å². The maximum atomic E-state index is 6.20. The highest BCUT2D eigenvalue weighted by molar-refractivity contribution is 9.10. The average Bonchev–Trinajstić information content (AvgIpc) is 2.68. The Kier molecular flexibility index (Phi) is 6.44. The second-order valence-corrected chi connectivity index (χ2v) is 7.49. The van der Waals surface area contributed by atoms with Crippen molar-refractivity contribution in [3.63, 3.8) is 0 Å². The van der Waals surface area contributed by atoms with E-state index in [-0.39, 0.29) is 0 Å². The van der Waals surface area contributed by atoms with Gasteiger partial charge in [0, 0.05) is 20.8 Å². The van der Waals surface area contributed by atoms with Gasteiger partial charge in [0.2, 0.25) is 0 Å². The van der Waals surface area contributed by atoms with Gasteiger partial charge < -0.3 is 0 Å². The van der Waals surface area contributed by atoms with Crippen LogP contribution in [-0.4, -0.2) is 5.71 Å². The van der Waals surface area contributed by atoms with Gasteiger partial charge in [-0.3, -0.25) is 4.99 Å². The molecule has 0 saturated heterocycles. The smallest absolute Gasteiger partial charge is 0.0711 e. The highest BCUT2D eigenvalue weighted by Crippen LogP contribution is 2.25. The zero-order valence-corrected chi connectivity index (χ0v) is 17.3. The molecule has 0 fully saturated rings. The minimum absolute atomic E-state index is 0.674. The van der Waals surface area contributed by atoms with Gasteiger partial charge in [-0.15, -0.1) is 0 Å². The molecule has 1 nitrogen and oxygen atoms in total. The number of hydrogen-bond donors (Lipinski definition) is 0. The SMILES string of the molecule is C=C(/C=C(\N=C(/C)c1cc(Cl)cc(Br)c1)c1ccccc1)c1ccccc1. The van der Waals surface area contributed by atoms with E-state index in [1.165, 1.54) is 0 Å². The zero-order chi connectivity index (χ0) is 19.2. The molecule has 3 heteroatoms. The third-order valence-electron chi connectivity index (χ3n) is 4.09. The number of aliphatic imine (C=N–C) groups is 1. The molecule has 0 heterocycles. The van der Waals surface area contributed by atoms with Crippen LogP contribution in [0.2, 0.25) is 5.02 Å². The minimum atomic E-state index is 0.674. The summed E-state index contributed by atoms with van der Waals surface area (Å²) in [7, 11) is 0. The highest BCUT2D eigenvalue weighted by atomic mass is 79.9. The molecular weight excluding hydrogens is 418 g/mol. The summed E-state index contributed by atoms with van der Waals surface area (Å²) in [6.45, 7) is 6.21. The van der Waals surface area contributed by atoms with Crippen molar-refractivity contribution >= 4 is 44.5 Å². The maximum absolute atomic E-state index is 6.20. The summed E-state index contributed by atoms with van der Waals surface area (Å²) >= 11 is 9.69. The molecule has 0 aliphatic rings. The number of hydrogen-bond acceptors (Lipinski definition) is 1. The van der Waals surface area contributed by atoms with Crippen molar-refractivity contribution < 1.29 is 0 Å². The first-order valence-electron chi connectivity index (χ1n) is 8.56. The fourth-order valence-corrected chi connectivity index (χ4v) is 3.56. The van der Waals surface area contributed by atoms with Crippen molar-refractivity contribution in [1.82, 2.24) is 0 Å². The van der Waals surface area contributed by atoms with E-state index in [0.717, 1.165) is 38.1 Å². The lowest BCUT2D eigenvalue weighted by Crippen LogP contribution is -1.96. The predicted molar refractivity (Wildman–Crippen MR) is 121 cm³/mol. The molecular formula is C24H19BrClN. The van der Waals surface area contributed by atoms with Gasteiger partial charge in [0.15, 0.2) is 0 Å². The van der Waals surface area contributed by atoms with Gasteiger partial charge in [-0.1, -0.05) is 94.8 Å². The van der Waals surface area contributed by atoms with Gasteiger partial charge in [0.05, 0.1) is 5.70 Å². The first kappa shape index (κ1) is 19.3. The van der Waals surface area contributed by atoms with E-state index >= 15 is 0 Å². The summed E-state index contributed by atoms with van der Waals surface area (Å²) in [5.74, 6) is 0. The molecule has 0 aromatic heterocycles. The minimum Gasteiger partial charge on any atom is -0.252 e. The molecule has 0 atom stereocenters. The Balaban J connectivity index is 2.05. The summed E-state index contributed by atoms with van der Waals surface area (Å²) in [4.78, 5) is 4.90. The molecule has 27 heavy (non-hydrogen) atoms. The van der Waals surface area contributed by atoms with Crippen LogP contribution in [0.1, 0.15) is 23.6 Å². The lowest BCUT2D eigenvalue weighted by Gasteiger charge is -2.09. The summed E-state index contributed by atoms with van der Waals surface area (Å²) in [6, 6.07) is 26.0. The van der Waals surface area contributed by atoms with Crippen LogP contribution in [0.5, 0.6) is 0 Å². The van der Waals surface area contributed by atoms with Crippen LogP contribution < -0.4 is 0 Å². The Labute approximate surface area is 173 Å². The van der Waals surface area contributed by atoms with Gasteiger partial charge in [-0.25, -0.2) is 0 Å². The molecule has 0 radical (unpaired) electrons. The van der Waals surface area contributed by atoms with Gasteiger partial charge in [0.25, 0.3) is 0 Å². The normalized spacial score (nSPS) is 12.1. The Morgan fingerprint density at radius 3 is 2.07 bits per heavy atom. The van der Waals surface area contributed by atoms with Crippen molar-refractivity contribution in [2.75, 3.05) is 0 Å². The number of rotatable bonds is 5. The van der Waals surface area contributed by atoms with Crippen LogP contribution in [0.4, 0.5) is 0 Å². The number of benzene rings is 3. The van der Waals surface area contributed by atoms with Gasteiger partial charge >= 0.3 is 0 Å². The summed E-state index contributed by atoms with van der Waals surface area (Å²) in [5.41, 5.74) is 5.74. The van der Waals surface area contributed by atoms with E-state index in [0.29, 0.717) is 5.02 Å². The molecule has 0 aliphatic carbocycles.